The van der Waals surface area contributed by atoms with Crippen molar-refractivity contribution < 1.29 is 14.3 Å². The monoisotopic (exact) mass is 273 g/mol. The topological polar surface area (TPSA) is 39.7 Å². The predicted molar refractivity (Wildman–Crippen MR) is 48.0 cm³/mol. The normalized spacial score (nSPS) is 29.2. The van der Waals surface area contributed by atoms with Gasteiger partial charge in [-0.2, -0.15) is 0 Å². The zero-order valence-electron chi connectivity index (χ0n) is 6.59. The Kier molecular flexibility index (Phi) is 3.51. The first kappa shape index (κ1) is 9.66. The molecule has 1 atom stereocenters. The maximum Gasteiger partial charge on any atom is 0.163 e. The molecule has 0 aromatic rings. The van der Waals surface area contributed by atoms with Crippen LogP contribution >= 0.6 is 22.9 Å². The number of hydrogen-bond acceptors (Lipinski definition) is 4. The minimum absolute atomic E-state index is 0.0484. The molecule has 0 bridgehead atoms. The lowest BCUT2D eigenvalue weighted by atomic mass is 10.4. The second-order valence-electron chi connectivity index (χ2n) is 2.84. The molecule has 11 heavy (non-hydrogen) atoms. The maximum atomic E-state index is 5.46. The van der Waals surface area contributed by atoms with E-state index in [-0.39, 0.29) is 6.10 Å². The fraction of sp³-hybridized carbons (Fsp3) is 1.00. The summed E-state index contributed by atoms with van der Waals surface area (Å²) < 4.78 is 13.3. The van der Waals surface area contributed by atoms with Crippen molar-refractivity contribution in [2.45, 2.75) is 25.7 Å². The van der Waals surface area contributed by atoms with Gasteiger partial charge in [-0.15, -0.1) is 3.69 Å². The van der Waals surface area contributed by atoms with Gasteiger partial charge < -0.3 is 9.47 Å². The Labute approximate surface area is 80.0 Å². The van der Waals surface area contributed by atoms with Crippen LogP contribution in [0, 0.1) is 0 Å². The van der Waals surface area contributed by atoms with E-state index >= 15 is 0 Å². The largest absolute Gasteiger partial charge is 0.348 e. The predicted octanol–water partition coefficient (Wildman–Crippen LogP) is 1.01. The standard InChI is InChI=1S/C6H12INO3/c1-6(2)9-3-5(11-6)4-10-8-7/h5,8H,3-4H2,1-2H3. The number of rotatable bonds is 3. The van der Waals surface area contributed by atoms with Gasteiger partial charge in [0.25, 0.3) is 0 Å². The summed E-state index contributed by atoms with van der Waals surface area (Å²) >= 11 is 1.91. The van der Waals surface area contributed by atoms with Crippen LogP contribution in [-0.2, 0) is 14.3 Å². The molecular formula is C6H12INO3. The molecule has 4 nitrogen and oxygen atoms in total. The van der Waals surface area contributed by atoms with Crippen LogP contribution in [0.4, 0.5) is 0 Å². The van der Waals surface area contributed by atoms with Crippen molar-refractivity contribution in [3.05, 3.63) is 0 Å². The lowest BCUT2D eigenvalue weighted by Gasteiger charge is -2.16. The molecule has 1 rings (SSSR count). The second kappa shape index (κ2) is 3.99. The fourth-order valence-corrected chi connectivity index (χ4v) is 1.15. The van der Waals surface area contributed by atoms with Crippen LogP contribution in [-0.4, -0.2) is 25.1 Å². The minimum Gasteiger partial charge on any atom is -0.348 e. The molecule has 1 unspecified atom stereocenters. The molecule has 0 saturated carbocycles. The van der Waals surface area contributed by atoms with Gasteiger partial charge in [0, 0.05) is 22.9 Å². The highest BCUT2D eigenvalue weighted by Gasteiger charge is 2.32. The highest BCUT2D eigenvalue weighted by molar-refractivity contribution is 14.1. The first-order valence-corrected chi connectivity index (χ1v) is 4.51. The molecule has 1 N–H and O–H groups in total. The lowest BCUT2D eigenvalue weighted by molar-refractivity contribution is -0.146. The average molecular weight is 273 g/mol. The Balaban J connectivity index is 2.20. The van der Waals surface area contributed by atoms with Gasteiger partial charge in [-0.25, -0.2) is 0 Å². The second-order valence-corrected chi connectivity index (χ2v) is 3.28. The third-order valence-corrected chi connectivity index (χ3v) is 1.70. The van der Waals surface area contributed by atoms with Crippen LogP contribution in [0.5, 0.6) is 0 Å². The SMILES string of the molecule is CC1(C)OCC(CONI)O1. The van der Waals surface area contributed by atoms with Crippen molar-refractivity contribution in [1.29, 1.82) is 0 Å². The fourth-order valence-electron chi connectivity index (χ4n) is 0.970. The molecule has 1 fully saturated rings. The molecule has 1 aliphatic rings. The van der Waals surface area contributed by atoms with Gasteiger partial charge in [-0.05, 0) is 13.8 Å². The van der Waals surface area contributed by atoms with E-state index in [0.29, 0.717) is 13.2 Å². The van der Waals surface area contributed by atoms with Crippen LogP contribution < -0.4 is 3.69 Å². The van der Waals surface area contributed by atoms with E-state index in [0.717, 1.165) is 0 Å². The summed E-state index contributed by atoms with van der Waals surface area (Å²) in [4.78, 5) is 4.94. The third-order valence-electron chi connectivity index (χ3n) is 1.39. The summed E-state index contributed by atoms with van der Waals surface area (Å²) in [5.41, 5.74) is 0. The van der Waals surface area contributed by atoms with Gasteiger partial charge in [-0.3, -0.25) is 4.84 Å². The van der Waals surface area contributed by atoms with Crippen molar-refractivity contribution in [3.8, 4) is 0 Å². The molecule has 5 heteroatoms. The van der Waals surface area contributed by atoms with E-state index in [1.54, 1.807) is 0 Å². The van der Waals surface area contributed by atoms with Crippen LogP contribution in [0.25, 0.3) is 0 Å². The van der Waals surface area contributed by atoms with Crippen LogP contribution in [0.3, 0.4) is 0 Å². The average Bonchev–Trinajstić information content (AvgIpc) is 2.26. The van der Waals surface area contributed by atoms with Crippen molar-refractivity contribution in [2.75, 3.05) is 13.2 Å². The third kappa shape index (κ3) is 3.20. The zero-order chi connectivity index (χ0) is 8.32. The molecule has 1 saturated heterocycles. The Bertz CT molecular complexity index is 131. The van der Waals surface area contributed by atoms with Crippen molar-refractivity contribution in [3.63, 3.8) is 0 Å². The van der Waals surface area contributed by atoms with Gasteiger partial charge in [-0.1, -0.05) is 0 Å². The summed E-state index contributed by atoms with van der Waals surface area (Å²) in [5.74, 6) is -0.445. The van der Waals surface area contributed by atoms with E-state index in [4.69, 9.17) is 14.3 Å². The molecule has 66 valence electrons. The van der Waals surface area contributed by atoms with Gasteiger partial charge in [0.2, 0.25) is 0 Å². The Morgan fingerprint density at radius 3 is 2.91 bits per heavy atom. The minimum atomic E-state index is -0.445. The number of hydrogen-bond donors (Lipinski definition) is 1. The van der Waals surface area contributed by atoms with E-state index in [9.17, 15) is 0 Å². The van der Waals surface area contributed by atoms with Gasteiger partial charge >= 0.3 is 0 Å². The lowest BCUT2D eigenvalue weighted by Crippen LogP contribution is -2.25. The highest BCUT2D eigenvalue weighted by Crippen LogP contribution is 2.21. The van der Waals surface area contributed by atoms with E-state index in [2.05, 4.69) is 3.69 Å². The highest BCUT2D eigenvalue weighted by atomic mass is 127. The maximum absolute atomic E-state index is 5.46. The van der Waals surface area contributed by atoms with Gasteiger partial charge in [0.05, 0.1) is 13.2 Å². The van der Waals surface area contributed by atoms with Crippen molar-refractivity contribution in [2.24, 2.45) is 0 Å². The number of nitrogens with one attached hydrogen (secondary N) is 1. The summed E-state index contributed by atoms with van der Waals surface area (Å²) in [6, 6.07) is 0. The van der Waals surface area contributed by atoms with E-state index < -0.39 is 5.79 Å². The Morgan fingerprint density at radius 2 is 2.45 bits per heavy atom. The van der Waals surface area contributed by atoms with Crippen molar-refractivity contribution in [1.82, 2.24) is 3.69 Å². The Hall–Kier alpha value is 0.570. The van der Waals surface area contributed by atoms with Gasteiger partial charge in [0.1, 0.15) is 6.10 Å². The zero-order valence-corrected chi connectivity index (χ0v) is 8.75. The first-order valence-electron chi connectivity index (χ1n) is 3.43. The van der Waals surface area contributed by atoms with Crippen LogP contribution in [0.2, 0.25) is 0 Å². The summed E-state index contributed by atoms with van der Waals surface area (Å²) in [5, 5.41) is 0. The first-order chi connectivity index (χ1) is 5.14. The van der Waals surface area contributed by atoms with Gasteiger partial charge in [0.15, 0.2) is 5.79 Å². The van der Waals surface area contributed by atoms with E-state index in [1.165, 1.54) is 0 Å². The van der Waals surface area contributed by atoms with Crippen molar-refractivity contribution >= 4 is 22.9 Å². The quantitative estimate of drug-likeness (QED) is 0.473. The summed E-state index contributed by atoms with van der Waals surface area (Å²) in [6.45, 7) is 4.91. The number of ether oxygens (including phenoxy) is 2. The smallest absolute Gasteiger partial charge is 0.163 e. The molecule has 1 heterocycles. The molecule has 0 aromatic carbocycles. The molecule has 0 aromatic heterocycles. The molecule has 0 spiro atoms. The summed E-state index contributed by atoms with van der Waals surface area (Å²) in [7, 11) is 0. The van der Waals surface area contributed by atoms with Crippen LogP contribution in [0.15, 0.2) is 0 Å². The Morgan fingerprint density at radius 1 is 1.73 bits per heavy atom. The molecule has 0 radical (unpaired) electrons. The molecule has 1 aliphatic heterocycles. The molecule has 0 amide bonds. The molecular weight excluding hydrogens is 261 g/mol. The molecule has 0 aliphatic carbocycles. The van der Waals surface area contributed by atoms with E-state index in [1.807, 2.05) is 36.7 Å². The summed E-state index contributed by atoms with van der Waals surface area (Å²) in [6.07, 6.45) is 0.0484. The van der Waals surface area contributed by atoms with Crippen LogP contribution in [0.1, 0.15) is 13.8 Å². The number of halogens is 1.